The van der Waals surface area contributed by atoms with Gasteiger partial charge in [-0.1, -0.05) is 30.3 Å². The molecule has 178 valence electrons. The molecule has 1 saturated heterocycles. The van der Waals surface area contributed by atoms with Crippen LogP contribution in [-0.2, 0) is 20.6 Å². The van der Waals surface area contributed by atoms with E-state index >= 15 is 0 Å². The number of rotatable bonds is 8. The molecule has 1 unspecified atom stereocenters. The Bertz CT molecular complexity index is 1200. The second kappa shape index (κ2) is 11.1. The van der Waals surface area contributed by atoms with Gasteiger partial charge in [0.2, 0.25) is 15.9 Å². The first-order valence-electron chi connectivity index (χ1n) is 11.2. The highest BCUT2D eigenvalue weighted by molar-refractivity contribution is 7.98. The third-order valence-corrected chi connectivity index (χ3v) is 8.78. The topological polar surface area (TPSA) is 75.7 Å². The average Bonchev–Trinajstić information content (AvgIpc) is 2.89. The third-order valence-electron chi connectivity index (χ3n) is 5.82. The second-order valence-electron chi connectivity index (χ2n) is 8.17. The summed E-state index contributed by atoms with van der Waals surface area (Å²) in [5.74, 6) is 0.898. The van der Waals surface area contributed by atoms with Crippen molar-refractivity contribution in [3.8, 4) is 5.75 Å². The van der Waals surface area contributed by atoms with E-state index in [-0.39, 0.29) is 17.3 Å². The molecule has 3 aromatic rings. The van der Waals surface area contributed by atoms with Gasteiger partial charge in [0.25, 0.3) is 0 Å². The zero-order valence-electron chi connectivity index (χ0n) is 19.0. The molecule has 0 aromatic heterocycles. The molecule has 1 atom stereocenters. The number of sulfonamides is 1. The Labute approximate surface area is 205 Å². The first-order chi connectivity index (χ1) is 16.5. The summed E-state index contributed by atoms with van der Waals surface area (Å²) in [6.07, 6.45) is 1.30. The van der Waals surface area contributed by atoms with Crippen LogP contribution in [0.5, 0.6) is 5.75 Å². The summed E-state index contributed by atoms with van der Waals surface area (Å²) in [4.78, 5) is 14.3. The predicted molar refractivity (Wildman–Crippen MR) is 136 cm³/mol. The van der Waals surface area contributed by atoms with Crippen LogP contribution in [0.25, 0.3) is 0 Å². The molecule has 0 radical (unpaired) electrons. The summed E-state index contributed by atoms with van der Waals surface area (Å²) in [6.45, 7) is 0.581. The number of nitrogens with one attached hydrogen (secondary N) is 1. The molecule has 6 nitrogen and oxygen atoms in total. The number of anilines is 1. The molecule has 1 aliphatic heterocycles. The van der Waals surface area contributed by atoms with E-state index in [2.05, 4.69) is 17.4 Å². The van der Waals surface area contributed by atoms with Crippen molar-refractivity contribution < 1.29 is 17.9 Å². The highest BCUT2D eigenvalue weighted by Gasteiger charge is 2.33. The lowest BCUT2D eigenvalue weighted by molar-refractivity contribution is -0.120. The maximum Gasteiger partial charge on any atom is 0.243 e. The zero-order valence-corrected chi connectivity index (χ0v) is 20.6. The maximum absolute atomic E-state index is 13.1. The molecule has 0 spiro atoms. The van der Waals surface area contributed by atoms with E-state index in [1.165, 1.54) is 34.0 Å². The smallest absolute Gasteiger partial charge is 0.243 e. The highest BCUT2D eigenvalue weighted by atomic mass is 32.2. The Morgan fingerprint density at radius 3 is 2.41 bits per heavy atom. The van der Waals surface area contributed by atoms with Crippen LogP contribution in [0.3, 0.4) is 0 Å². The van der Waals surface area contributed by atoms with E-state index in [0.29, 0.717) is 30.8 Å². The number of piperidine rings is 1. The molecule has 3 aromatic carbocycles. The molecule has 8 heteroatoms. The van der Waals surface area contributed by atoms with Crippen molar-refractivity contribution in [1.29, 1.82) is 0 Å². The summed E-state index contributed by atoms with van der Waals surface area (Å²) in [5, 5.41) is 2.96. The number of ether oxygens (including phenoxy) is 1. The number of methoxy groups -OCH3 is 1. The van der Waals surface area contributed by atoms with E-state index in [1.807, 2.05) is 42.5 Å². The predicted octanol–water partition coefficient (Wildman–Crippen LogP) is 5.03. The van der Waals surface area contributed by atoms with Gasteiger partial charge in [0.15, 0.2) is 0 Å². The van der Waals surface area contributed by atoms with Crippen molar-refractivity contribution >= 4 is 33.4 Å². The Balaban J connectivity index is 1.34. The summed E-state index contributed by atoms with van der Waals surface area (Å²) in [6, 6.07) is 24.4. The highest BCUT2D eigenvalue weighted by Crippen LogP contribution is 2.27. The van der Waals surface area contributed by atoms with E-state index in [9.17, 15) is 13.2 Å². The standard InChI is InChI=1S/C26H28N2O4S2/c1-32-23-13-15-25(16-14-23)34(30,31)28-17-5-6-21(18-28)26(29)27-22-11-9-20(10-12-22)19-33-24-7-3-2-4-8-24/h2-4,7-16,21H,5-6,17-19H2,1H3,(H,27,29). The quantitative estimate of drug-likeness (QED) is 0.443. The summed E-state index contributed by atoms with van der Waals surface area (Å²) in [7, 11) is -2.13. The van der Waals surface area contributed by atoms with E-state index in [1.54, 1.807) is 23.9 Å². The SMILES string of the molecule is COc1ccc(S(=O)(=O)N2CCCC(C(=O)Nc3ccc(CSc4ccccc4)cc3)C2)cc1. The van der Waals surface area contributed by atoms with Gasteiger partial charge in [-0.25, -0.2) is 8.42 Å². The first kappa shape index (κ1) is 24.3. The van der Waals surface area contributed by atoms with Crippen LogP contribution < -0.4 is 10.1 Å². The third kappa shape index (κ3) is 6.00. The fourth-order valence-electron chi connectivity index (χ4n) is 3.88. The van der Waals surface area contributed by atoms with Crippen LogP contribution in [0, 0.1) is 5.92 Å². The summed E-state index contributed by atoms with van der Waals surface area (Å²) < 4.78 is 32.7. The van der Waals surface area contributed by atoms with Crippen LogP contribution in [0.15, 0.2) is 88.7 Å². The van der Waals surface area contributed by atoms with Gasteiger partial charge in [-0.3, -0.25) is 4.79 Å². The van der Waals surface area contributed by atoms with E-state index < -0.39 is 15.9 Å². The molecule has 1 amide bonds. The maximum atomic E-state index is 13.1. The molecular weight excluding hydrogens is 468 g/mol. The molecule has 1 heterocycles. The molecule has 1 N–H and O–H groups in total. The van der Waals surface area contributed by atoms with Crippen LogP contribution in [0.1, 0.15) is 18.4 Å². The van der Waals surface area contributed by atoms with E-state index in [4.69, 9.17) is 4.74 Å². The van der Waals surface area contributed by atoms with Gasteiger partial charge >= 0.3 is 0 Å². The molecule has 4 rings (SSSR count). The fraction of sp³-hybridized carbons (Fsp3) is 0.269. The molecule has 34 heavy (non-hydrogen) atoms. The minimum absolute atomic E-state index is 0.152. The van der Waals surface area contributed by atoms with Crippen LogP contribution in [0.4, 0.5) is 5.69 Å². The average molecular weight is 497 g/mol. The molecule has 0 saturated carbocycles. The Morgan fingerprint density at radius 1 is 1.03 bits per heavy atom. The minimum atomic E-state index is -3.67. The van der Waals surface area contributed by atoms with Gasteiger partial charge < -0.3 is 10.1 Å². The summed E-state index contributed by atoms with van der Waals surface area (Å²) >= 11 is 1.76. The number of hydrogen-bond acceptors (Lipinski definition) is 5. The van der Waals surface area contributed by atoms with Gasteiger partial charge in [-0.2, -0.15) is 4.31 Å². The summed E-state index contributed by atoms with van der Waals surface area (Å²) in [5.41, 5.74) is 1.88. The zero-order chi connectivity index (χ0) is 24.0. The molecule has 1 fully saturated rings. The Hall–Kier alpha value is -2.81. The Kier molecular flexibility index (Phi) is 7.92. The number of carbonyl (C=O) groups excluding carboxylic acids is 1. The van der Waals surface area contributed by atoms with Crippen LogP contribution in [-0.4, -0.2) is 38.8 Å². The first-order valence-corrected chi connectivity index (χ1v) is 13.6. The van der Waals surface area contributed by atoms with Crippen molar-refractivity contribution in [3.05, 3.63) is 84.4 Å². The molecular formula is C26H28N2O4S2. The lowest BCUT2D eigenvalue weighted by Crippen LogP contribution is -2.43. The van der Waals surface area contributed by atoms with Gasteiger partial charge in [0, 0.05) is 29.4 Å². The van der Waals surface area contributed by atoms with Crippen molar-refractivity contribution in [2.75, 3.05) is 25.5 Å². The molecule has 0 bridgehead atoms. The van der Waals surface area contributed by atoms with Gasteiger partial charge in [-0.15, -0.1) is 11.8 Å². The lowest BCUT2D eigenvalue weighted by atomic mass is 9.98. The van der Waals surface area contributed by atoms with E-state index in [0.717, 1.165) is 5.75 Å². The number of amides is 1. The fourth-order valence-corrected chi connectivity index (χ4v) is 6.28. The largest absolute Gasteiger partial charge is 0.497 e. The number of thioether (sulfide) groups is 1. The second-order valence-corrected chi connectivity index (χ2v) is 11.2. The van der Waals surface area contributed by atoms with Crippen molar-refractivity contribution in [3.63, 3.8) is 0 Å². The normalized spacial score (nSPS) is 16.7. The number of hydrogen-bond donors (Lipinski definition) is 1. The number of nitrogens with zero attached hydrogens (tertiary/aromatic N) is 1. The van der Waals surface area contributed by atoms with Crippen LogP contribution >= 0.6 is 11.8 Å². The molecule has 1 aliphatic rings. The monoisotopic (exact) mass is 496 g/mol. The van der Waals surface area contributed by atoms with Crippen molar-refractivity contribution in [1.82, 2.24) is 4.31 Å². The van der Waals surface area contributed by atoms with Gasteiger partial charge in [0.05, 0.1) is 17.9 Å². The molecule has 0 aliphatic carbocycles. The van der Waals surface area contributed by atoms with Gasteiger partial charge in [0.1, 0.15) is 5.75 Å². The Morgan fingerprint density at radius 2 is 1.74 bits per heavy atom. The number of benzene rings is 3. The van der Waals surface area contributed by atoms with Crippen LogP contribution in [0.2, 0.25) is 0 Å². The van der Waals surface area contributed by atoms with Crippen molar-refractivity contribution in [2.24, 2.45) is 5.92 Å². The van der Waals surface area contributed by atoms with Gasteiger partial charge in [-0.05, 0) is 66.9 Å². The lowest BCUT2D eigenvalue weighted by Gasteiger charge is -2.31. The number of carbonyl (C=O) groups is 1. The van der Waals surface area contributed by atoms with Crippen molar-refractivity contribution in [2.45, 2.75) is 28.4 Å². The minimum Gasteiger partial charge on any atom is -0.497 e.